The van der Waals surface area contributed by atoms with E-state index < -0.39 is 26.8 Å². The van der Waals surface area contributed by atoms with Gasteiger partial charge in [-0.15, -0.1) is 0 Å². The fourth-order valence-electron chi connectivity index (χ4n) is 3.26. The van der Waals surface area contributed by atoms with Crippen LogP contribution in [-0.4, -0.2) is 54.8 Å². The summed E-state index contributed by atoms with van der Waals surface area (Å²) in [6, 6.07) is 15.1. The van der Waals surface area contributed by atoms with Crippen LogP contribution in [0.1, 0.15) is 17.5 Å². The van der Waals surface area contributed by atoms with Crippen molar-refractivity contribution in [3.8, 4) is 0 Å². The van der Waals surface area contributed by atoms with Gasteiger partial charge in [0.2, 0.25) is 10.0 Å². The van der Waals surface area contributed by atoms with Gasteiger partial charge in [-0.3, -0.25) is 10.1 Å². The van der Waals surface area contributed by atoms with Crippen molar-refractivity contribution in [2.45, 2.75) is 18.8 Å². The van der Waals surface area contributed by atoms with Crippen LogP contribution in [-0.2, 0) is 27.1 Å². The first-order chi connectivity index (χ1) is 14.4. The Morgan fingerprint density at radius 1 is 1.00 bits per heavy atom. The van der Waals surface area contributed by atoms with E-state index >= 15 is 0 Å². The first-order valence-electron chi connectivity index (χ1n) is 9.52. The quantitative estimate of drug-likeness (QED) is 0.512. The van der Waals surface area contributed by atoms with Crippen molar-refractivity contribution >= 4 is 21.8 Å². The highest BCUT2D eigenvalue weighted by Gasteiger charge is 2.29. The number of benzene rings is 2. The second kappa shape index (κ2) is 9.68. The van der Waals surface area contributed by atoms with Crippen molar-refractivity contribution in [1.29, 1.82) is 0 Å². The number of ether oxygens (including phenoxy) is 1. The van der Waals surface area contributed by atoms with E-state index in [9.17, 15) is 23.3 Å². The largest absolute Gasteiger partial charge is 0.445 e. The highest BCUT2D eigenvalue weighted by Crippen LogP contribution is 2.22. The zero-order valence-corrected chi connectivity index (χ0v) is 17.2. The van der Waals surface area contributed by atoms with Crippen LogP contribution in [0, 0.1) is 10.1 Å². The van der Waals surface area contributed by atoms with Crippen LogP contribution in [0.3, 0.4) is 0 Å². The second-order valence-corrected chi connectivity index (χ2v) is 8.89. The van der Waals surface area contributed by atoms with Crippen LogP contribution in [0.5, 0.6) is 0 Å². The van der Waals surface area contributed by atoms with Crippen LogP contribution in [0.2, 0.25) is 0 Å². The van der Waals surface area contributed by atoms with Gasteiger partial charge in [0, 0.05) is 37.8 Å². The number of para-hydroxylation sites is 1. The summed E-state index contributed by atoms with van der Waals surface area (Å²) in [5.41, 5.74) is 0.794. The van der Waals surface area contributed by atoms with E-state index in [0.717, 1.165) is 5.56 Å². The fraction of sp³-hybridized carbons (Fsp3) is 0.350. The number of nitro benzene ring substituents is 1. The van der Waals surface area contributed by atoms with Crippen LogP contribution in [0.25, 0.3) is 0 Å². The predicted octanol–water partition coefficient (Wildman–Crippen LogP) is 2.77. The van der Waals surface area contributed by atoms with Crippen molar-refractivity contribution in [1.82, 2.24) is 9.21 Å². The smallest absolute Gasteiger partial charge is 0.410 e. The molecule has 0 N–H and O–H groups in total. The molecule has 0 atom stereocenters. The molecular weight excluding hydrogens is 410 g/mol. The van der Waals surface area contributed by atoms with Gasteiger partial charge >= 0.3 is 6.09 Å². The molecule has 1 saturated heterocycles. The highest BCUT2D eigenvalue weighted by molar-refractivity contribution is 7.88. The molecule has 0 aliphatic carbocycles. The molecule has 0 unspecified atom stereocenters. The van der Waals surface area contributed by atoms with Gasteiger partial charge in [-0.05, 0) is 12.0 Å². The van der Waals surface area contributed by atoms with Crippen molar-refractivity contribution in [2.24, 2.45) is 0 Å². The summed E-state index contributed by atoms with van der Waals surface area (Å²) in [6.45, 7) is 1.08. The Morgan fingerprint density at radius 2 is 1.70 bits per heavy atom. The molecule has 10 heteroatoms. The average molecular weight is 433 g/mol. The molecule has 1 fully saturated rings. The zero-order chi connectivity index (χ0) is 21.6. The standard InChI is InChI=1S/C20H23N3O6S/c24-20(29-15-17-7-2-1-3-8-17)21-11-6-12-22(14-13-21)30(27,28)16-18-9-4-5-10-19(18)23(25)26/h1-5,7-10H,6,11-16H2. The molecule has 9 nitrogen and oxygen atoms in total. The molecular formula is C20H23N3O6S. The number of nitrogens with zero attached hydrogens (tertiary/aromatic N) is 3. The van der Waals surface area contributed by atoms with E-state index in [0.29, 0.717) is 13.0 Å². The number of nitro groups is 1. The molecule has 1 aliphatic heterocycles. The van der Waals surface area contributed by atoms with Crippen LogP contribution in [0.15, 0.2) is 54.6 Å². The Balaban J connectivity index is 1.60. The highest BCUT2D eigenvalue weighted by atomic mass is 32.2. The number of carbonyl (C=O) groups is 1. The molecule has 0 saturated carbocycles. The predicted molar refractivity (Wildman–Crippen MR) is 110 cm³/mol. The molecule has 2 aromatic rings. The van der Waals surface area contributed by atoms with E-state index in [1.807, 2.05) is 30.3 Å². The van der Waals surface area contributed by atoms with Crippen LogP contribution < -0.4 is 0 Å². The van der Waals surface area contributed by atoms with Crippen LogP contribution >= 0.6 is 0 Å². The normalized spacial score (nSPS) is 15.4. The lowest BCUT2D eigenvalue weighted by Crippen LogP contribution is -2.38. The van der Waals surface area contributed by atoms with Crippen molar-refractivity contribution in [3.05, 3.63) is 75.8 Å². The third kappa shape index (κ3) is 5.55. The summed E-state index contributed by atoms with van der Waals surface area (Å²) in [4.78, 5) is 24.4. The van der Waals surface area contributed by atoms with Gasteiger partial charge in [-0.1, -0.05) is 48.5 Å². The van der Waals surface area contributed by atoms with Crippen molar-refractivity contribution in [2.75, 3.05) is 26.2 Å². The third-order valence-corrected chi connectivity index (χ3v) is 6.67. The fourth-order valence-corrected chi connectivity index (χ4v) is 4.85. The molecule has 1 aliphatic rings. The topological polar surface area (TPSA) is 110 Å². The Bertz CT molecular complexity index is 997. The number of carbonyl (C=O) groups excluding carboxylic acids is 1. The molecule has 30 heavy (non-hydrogen) atoms. The Hall–Kier alpha value is -2.98. The van der Waals surface area contributed by atoms with Gasteiger partial charge in [0.05, 0.1) is 10.7 Å². The summed E-state index contributed by atoms with van der Waals surface area (Å²) in [6.07, 6.45) is -0.0342. The van der Waals surface area contributed by atoms with E-state index in [1.165, 1.54) is 27.4 Å². The third-order valence-electron chi connectivity index (χ3n) is 4.84. The van der Waals surface area contributed by atoms with Crippen LogP contribution in [0.4, 0.5) is 10.5 Å². The van der Waals surface area contributed by atoms with Gasteiger partial charge in [0.15, 0.2) is 0 Å². The molecule has 2 aromatic carbocycles. The zero-order valence-electron chi connectivity index (χ0n) is 16.3. The van der Waals surface area contributed by atoms with Crippen molar-refractivity contribution < 1.29 is 22.9 Å². The van der Waals surface area contributed by atoms with E-state index in [1.54, 1.807) is 6.07 Å². The lowest BCUT2D eigenvalue weighted by Gasteiger charge is -2.21. The van der Waals surface area contributed by atoms with E-state index in [4.69, 9.17) is 4.74 Å². The SMILES string of the molecule is O=C(OCc1ccccc1)N1CCCN(S(=O)(=O)Cc2ccccc2[N+](=O)[O-])CC1. The summed E-state index contributed by atoms with van der Waals surface area (Å²) < 4.78 is 32.3. The number of amides is 1. The Kier molecular flexibility index (Phi) is 7.01. The number of rotatable bonds is 6. The van der Waals surface area contributed by atoms with Gasteiger partial charge in [-0.25, -0.2) is 13.2 Å². The number of hydrogen-bond donors (Lipinski definition) is 0. The molecule has 0 bridgehead atoms. The monoisotopic (exact) mass is 433 g/mol. The minimum Gasteiger partial charge on any atom is -0.445 e. The maximum Gasteiger partial charge on any atom is 0.410 e. The lowest BCUT2D eigenvalue weighted by molar-refractivity contribution is -0.385. The number of sulfonamides is 1. The molecule has 3 rings (SSSR count). The minimum atomic E-state index is -3.77. The Morgan fingerprint density at radius 3 is 2.43 bits per heavy atom. The molecule has 1 heterocycles. The molecule has 0 radical (unpaired) electrons. The van der Waals surface area contributed by atoms with Gasteiger partial charge in [0.1, 0.15) is 6.61 Å². The van der Waals surface area contributed by atoms with Gasteiger partial charge in [0.25, 0.3) is 5.69 Å². The second-order valence-electron chi connectivity index (χ2n) is 6.92. The molecule has 1 amide bonds. The summed E-state index contributed by atoms with van der Waals surface area (Å²) >= 11 is 0. The average Bonchev–Trinajstić information content (AvgIpc) is 3.00. The Labute approximate surface area is 175 Å². The molecule has 0 spiro atoms. The first-order valence-corrected chi connectivity index (χ1v) is 11.1. The van der Waals surface area contributed by atoms with Crippen molar-refractivity contribution in [3.63, 3.8) is 0 Å². The summed E-state index contributed by atoms with van der Waals surface area (Å²) in [5, 5.41) is 11.2. The maximum atomic E-state index is 12.8. The maximum absolute atomic E-state index is 12.8. The van der Waals surface area contributed by atoms with Gasteiger partial charge in [-0.2, -0.15) is 4.31 Å². The minimum absolute atomic E-state index is 0.114. The number of hydrogen-bond acceptors (Lipinski definition) is 6. The molecule has 0 aromatic heterocycles. The molecule has 160 valence electrons. The summed E-state index contributed by atoms with van der Waals surface area (Å²) in [5.74, 6) is -0.456. The lowest BCUT2D eigenvalue weighted by atomic mass is 10.2. The van der Waals surface area contributed by atoms with E-state index in [2.05, 4.69) is 0 Å². The first kappa shape index (κ1) is 21.7. The van der Waals surface area contributed by atoms with E-state index in [-0.39, 0.29) is 37.5 Å². The summed E-state index contributed by atoms with van der Waals surface area (Å²) in [7, 11) is -3.77. The van der Waals surface area contributed by atoms with Gasteiger partial charge < -0.3 is 9.64 Å².